The number of pyridine rings is 1. The summed E-state index contributed by atoms with van der Waals surface area (Å²) in [6.07, 6.45) is 0. The summed E-state index contributed by atoms with van der Waals surface area (Å²) < 4.78 is 10.2. The zero-order chi connectivity index (χ0) is 12.3. The van der Waals surface area contributed by atoms with Gasteiger partial charge in [0.05, 0.1) is 24.4 Å². The van der Waals surface area contributed by atoms with E-state index in [2.05, 4.69) is 4.98 Å². The topological polar surface area (TPSA) is 57.4 Å². The van der Waals surface area contributed by atoms with Gasteiger partial charge in [0.2, 0.25) is 0 Å². The number of rotatable bonds is 4. The Labute approximate surface area is 100 Å². The Morgan fingerprint density at radius 1 is 1.12 bits per heavy atom. The molecule has 90 valence electrons. The van der Waals surface area contributed by atoms with Crippen LogP contribution in [0, 0.1) is 0 Å². The number of aromatic nitrogens is 1. The van der Waals surface area contributed by atoms with Crippen molar-refractivity contribution in [1.29, 1.82) is 0 Å². The van der Waals surface area contributed by atoms with Gasteiger partial charge in [-0.3, -0.25) is 4.98 Å². The van der Waals surface area contributed by atoms with Gasteiger partial charge in [-0.25, -0.2) is 0 Å². The van der Waals surface area contributed by atoms with Crippen LogP contribution in [-0.2, 0) is 22.7 Å². The lowest BCUT2D eigenvalue weighted by molar-refractivity contribution is 0.182. The van der Waals surface area contributed by atoms with Crippen LogP contribution in [0.1, 0.15) is 11.3 Å². The molecule has 4 nitrogen and oxygen atoms in total. The minimum absolute atomic E-state index is 0.472. The Hall–Kier alpha value is -1.65. The summed E-state index contributed by atoms with van der Waals surface area (Å²) >= 11 is 0. The van der Waals surface area contributed by atoms with Crippen LogP contribution in [0.4, 0.5) is 5.69 Å². The maximum absolute atomic E-state index is 6.02. The number of ether oxygens (including phenoxy) is 2. The van der Waals surface area contributed by atoms with Crippen LogP contribution in [0.25, 0.3) is 10.9 Å². The van der Waals surface area contributed by atoms with Crippen LogP contribution < -0.4 is 5.73 Å². The van der Waals surface area contributed by atoms with Crippen molar-refractivity contribution in [1.82, 2.24) is 4.98 Å². The second kappa shape index (κ2) is 5.12. The molecular weight excluding hydrogens is 216 g/mol. The van der Waals surface area contributed by atoms with E-state index < -0.39 is 0 Å². The molecule has 2 rings (SSSR count). The molecule has 0 radical (unpaired) electrons. The Kier molecular flexibility index (Phi) is 3.56. The zero-order valence-corrected chi connectivity index (χ0v) is 10.1. The molecule has 0 spiro atoms. The number of methoxy groups -OCH3 is 2. The highest BCUT2D eigenvalue weighted by atomic mass is 16.5. The van der Waals surface area contributed by atoms with Crippen LogP contribution in [0.2, 0.25) is 0 Å². The van der Waals surface area contributed by atoms with E-state index in [0.717, 1.165) is 27.8 Å². The lowest BCUT2D eigenvalue weighted by atomic mass is 10.1. The van der Waals surface area contributed by atoms with Crippen molar-refractivity contribution in [3.05, 3.63) is 35.5 Å². The first-order valence-electron chi connectivity index (χ1n) is 5.40. The van der Waals surface area contributed by atoms with Crippen molar-refractivity contribution < 1.29 is 9.47 Å². The molecule has 1 aromatic carbocycles. The summed E-state index contributed by atoms with van der Waals surface area (Å²) in [5.41, 5.74) is 9.56. The van der Waals surface area contributed by atoms with Gasteiger partial charge in [0.1, 0.15) is 0 Å². The average Bonchev–Trinajstić information content (AvgIpc) is 2.31. The van der Waals surface area contributed by atoms with Crippen LogP contribution in [-0.4, -0.2) is 19.2 Å². The third-order valence-electron chi connectivity index (χ3n) is 2.56. The van der Waals surface area contributed by atoms with E-state index in [9.17, 15) is 0 Å². The molecule has 0 bridgehead atoms. The number of nitrogens with zero attached hydrogens (tertiary/aromatic N) is 1. The van der Waals surface area contributed by atoms with E-state index in [0.29, 0.717) is 13.2 Å². The van der Waals surface area contributed by atoms with Gasteiger partial charge in [0, 0.05) is 25.3 Å². The van der Waals surface area contributed by atoms with Gasteiger partial charge in [-0.15, -0.1) is 0 Å². The van der Waals surface area contributed by atoms with Crippen LogP contribution in [0.5, 0.6) is 0 Å². The summed E-state index contributed by atoms with van der Waals surface area (Å²) in [4.78, 5) is 4.48. The Balaban J connectivity index is 2.48. The lowest BCUT2D eigenvalue weighted by Gasteiger charge is -2.07. The molecule has 0 saturated carbocycles. The first kappa shape index (κ1) is 11.8. The lowest BCUT2D eigenvalue weighted by Crippen LogP contribution is -1.98. The van der Waals surface area contributed by atoms with Crippen molar-refractivity contribution in [3.8, 4) is 0 Å². The normalized spacial score (nSPS) is 10.9. The number of nitrogen functional groups attached to an aromatic ring is 1. The van der Waals surface area contributed by atoms with E-state index in [1.54, 1.807) is 14.2 Å². The first-order chi connectivity index (χ1) is 8.24. The summed E-state index contributed by atoms with van der Waals surface area (Å²) in [7, 11) is 3.32. The van der Waals surface area contributed by atoms with Crippen LogP contribution in [0.15, 0.2) is 24.3 Å². The van der Waals surface area contributed by atoms with Gasteiger partial charge in [-0.1, -0.05) is 6.07 Å². The van der Waals surface area contributed by atoms with E-state index in [1.807, 2.05) is 24.3 Å². The van der Waals surface area contributed by atoms with Crippen molar-refractivity contribution >= 4 is 16.6 Å². The average molecular weight is 232 g/mol. The number of nitrogens with two attached hydrogens (primary N) is 1. The van der Waals surface area contributed by atoms with Crippen molar-refractivity contribution in [2.45, 2.75) is 13.2 Å². The Bertz CT molecular complexity index is 526. The van der Waals surface area contributed by atoms with Crippen molar-refractivity contribution in [2.75, 3.05) is 20.0 Å². The Morgan fingerprint density at radius 2 is 1.88 bits per heavy atom. The second-order valence-corrected chi connectivity index (χ2v) is 3.92. The highest BCUT2D eigenvalue weighted by Crippen LogP contribution is 2.22. The maximum atomic E-state index is 6.02. The molecule has 4 heteroatoms. The van der Waals surface area contributed by atoms with Gasteiger partial charge in [0.25, 0.3) is 0 Å². The molecule has 0 unspecified atom stereocenters. The minimum atomic E-state index is 0.472. The van der Waals surface area contributed by atoms with Crippen LogP contribution in [0.3, 0.4) is 0 Å². The third-order valence-corrected chi connectivity index (χ3v) is 2.56. The van der Waals surface area contributed by atoms with Gasteiger partial charge in [-0.2, -0.15) is 0 Å². The third kappa shape index (κ3) is 2.54. The molecule has 0 amide bonds. The SMILES string of the molecule is COCc1ccc2nc(COC)cc(N)c2c1. The highest BCUT2D eigenvalue weighted by Gasteiger charge is 2.04. The molecule has 0 saturated heterocycles. The summed E-state index contributed by atoms with van der Waals surface area (Å²) in [6.45, 7) is 1.05. The number of benzene rings is 1. The molecule has 0 atom stereocenters. The molecule has 0 aliphatic carbocycles. The van der Waals surface area contributed by atoms with Gasteiger partial charge < -0.3 is 15.2 Å². The molecule has 2 aromatic rings. The number of fused-ring (bicyclic) bond motifs is 1. The van der Waals surface area contributed by atoms with Crippen molar-refractivity contribution in [2.24, 2.45) is 0 Å². The molecular formula is C13H16N2O2. The largest absolute Gasteiger partial charge is 0.398 e. The fourth-order valence-corrected chi connectivity index (χ4v) is 1.83. The van der Waals surface area contributed by atoms with E-state index in [-0.39, 0.29) is 0 Å². The van der Waals surface area contributed by atoms with E-state index in [4.69, 9.17) is 15.2 Å². The predicted molar refractivity (Wildman–Crippen MR) is 67.6 cm³/mol. The molecule has 0 aliphatic rings. The van der Waals surface area contributed by atoms with Crippen LogP contribution >= 0.6 is 0 Å². The van der Waals surface area contributed by atoms with Gasteiger partial charge >= 0.3 is 0 Å². The highest BCUT2D eigenvalue weighted by molar-refractivity contribution is 5.90. The summed E-state index contributed by atoms with van der Waals surface area (Å²) in [5.74, 6) is 0. The molecule has 1 heterocycles. The maximum Gasteiger partial charge on any atom is 0.0885 e. The van der Waals surface area contributed by atoms with Gasteiger partial charge in [-0.05, 0) is 23.8 Å². The van der Waals surface area contributed by atoms with Gasteiger partial charge in [0.15, 0.2) is 0 Å². The fraction of sp³-hybridized carbons (Fsp3) is 0.308. The number of hydrogen-bond acceptors (Lipinski definition) is 4. The first-order valence-corrected chi connectivity index (χ1v) is 5.40. The Morgan fingerprint density at radius 3 is 2.59 bits per heavy atom. The fourth-order valence-electron chi connectivity index (χ4n) is 1.83. The monoisotopic (exact) mass is 232 g/mol. The summed E-state index contributed by atoms with van der Waals surface area (Å²) in [5, 5.41) is 0.958. The smallest absolute Gasteiger partial charge is 0.0885 e. The second-order valence-electron chi connectivity index (χ2n) is 3.92. The van der Waals surface area contributed by atoms with Crippen molar-refractivity contribution in [3.63, 3.8) is 0 Å². The minimum Gasteiger partial charge on any atom is -0.398 e. The zero-order valence-electron chi connectivity index (χ0n) is 10.1. The quantitative estimate of drug-likeness (QED) is 0.877. The predicted octanol–water partition coefficient (Wildman–Crippen LogP) is 2.11. The number of anilines is 1. The van der Waals surface area contributed by atoms with E-state index >= 15 is 0 Å². The summed E-state index contributed by atoms with van der Waals surface area (Å²) in [6, 6.07) is 7.81. The molecule has 1 aromatic heterocycles. The molecule has 0 fully saturated rings. The number of hydrogen-bond donors (Lipinski definition) is 1. The standard InChI is InChI=1S/C13H16N2O2/c1-16-7-9-3-4-13-11(5-9)12(14)6-10(15-13)8-17-2/h3-6H,7-8H2,1-2H3,(H2,14,15). The molecule has 0 aliphatic heterocycles. The molecule has 17 heavy (non-hydrogen) atoms. The van der Waals surface area contributed by atoms with E-state index in [1.165, 1.54) is 0 Å². The molecule has 2 N–H and O–H groups in total.